The molecule has 0 amide bonds. The predicted octanol–water partition coefficient (Wildman–Crippen LogP) is 5.14. The molecule has 0 heterocycles. The summed E-state index contributed by atoms with van der Waals surface area (Å²) >= 11 is 3.57. The highest BCUT2D eigenvalue weighted by atomic mass is 79.9. The highest BCUT2D eigenvalue weighted by Crippen LogP contribution is 2.22. The zero-order valence-electron chi connectivity index (χ0n) is 10.5. The van der Waals surface area contributed by atoms with Gasteiger partial charge in [0, 0.05) is 16.2 Å². The summed E-state index contributed by atoms with van der Waals surface area (Å²) in [5.74, 6) is 0. The van der Waals surface area contributed by atoms with Crippen LogP contribution >= 0.6 is 15.9 Å². The van der Waals surface area contributed by atoms with Crippen LogP contribution in [0.2, 0.25) is 0 Å². The summed E-state index contributed by atoms with van der Waals surface area (Å²) in [7, 11) is 0. The van der Waals surface area contributed by atoms with E-state index in [-0.39, 0.29) is 0 Å². The molecule has 90 valence electrons. The molecule has 0 bridgehead atoms. The number of benzene rings is 1. The van der Waals surface area contributed by atoms with Gasteiger partial charge in [0.2, 0.25) is 0 Å². The van der Waals surface area contributed by atoms with Crippen molar-refractivity contribution in [3.05, 3.63) is 28.2 Å². The van der Waals surface area contributed by atoms with E-state index in [1.165, 1.54) is 41.4 Å². The van der Waals surface area contributed by atoms with Crippen molar-refractivity contribution in [3.8, 4) is 0 Å². The number of anilines is 1. The van der Waals surface area contributed by atoms with Gasteiger partial charge in [-0.25, -0.2) is 0 Å². The van der Waals surface area contributed by atoms with Gasteiger partial charge in [-0.1, -0.05) is 48.7 Å². The second-order valence-electron chi connectivity index (χ2n) is 4.36. The lowest BCUT2D eigenvalue weighted by molar-refractivity contribution is 0.593. The Morgan fingerprint density at radius 1 is 1.31 bits per heavy atom. The van der Waals surface area contributed by atoms with Crippen LogP contribution in [0.4, 0.5) is 5.69 Å². The molecule has 0 aromatic heterocycles. The highest BCUT2D eigenvalue weighted by Gasteiger charge is 2.05. The van der Waals surface area contributed by atoms with Crippen LogP contribution in [-0.2, 0) is 0 Å². The fourth-order valence-electron chi connectivity index (χ4n) is 1.75. The minimum Gasteiger partial charge on any atom is -0.382 e. The van der Waals surface area contributed by atoms with Crippen LogP contribution in [0.1, 0.15) is 45.1 Å². The van der Waals surface area contributed by atoms with Crippen molar-refractivity contribution < 1.29 is 0 Å². The lowest BCUT2D eigenvalue weighted by Gasteiger charge is -2.18. The van der Waals surface area contributed by atoms with Crippen LogP contribution in [0.3, 0.4) is 0 Å². The van der Waals surface area contributed by atoms with Gasteiger partial charge in [-0.2, -0.15) is 0 Å². The van der Waals surface area contributed by atoms with Crippen LogP contribution in [0.5, 0.6) is 0 Å². The number of unbranched alkanes of at least 4 members (excludes halogenated alkanes) is 1. The number of halogens is 1. The molecule has 16 heavy (non-hydrogen) atoms. The van der Waals surface area contributed by atoms with Crippen molar-refractivity contribution in [2.75, 3.05) is 5.32 Å². The molecule has 1 nitrogen and oxygen atoms in total. The number of nitrogens with one attached hydrogen (secondary N) is 1. The number of aryl methyl sites for hydroxylation is 1. The molecule has 2 heteroatoms. The normalized spacial score (nSPS) is 12.5. The molecular weight excluding hydrogens is 262 g/mol. The Kier molecular flexibility index (Phi) is 5.89. The molecule has 0 aliphatic heterocycles. The summed E-state index contributed by atoms with van der Waals surface area (Å²) in [5, 5.41) is 3.60. The first-order chi connectivity index (χ1) is 7.67. The van der Waals surface area contributed by atoms with Crippen molar-refractivity contribution >= 4 is 21.6 Å². The van der Waals surface area contributed by atoms with E-state index in [1.807, 2.05) is 0 Å². The zero-order valence-corrected chi connectivity index (χ0v) is 12.1. The maximum atomic E-state index is 3.60. The summed E-state index contributed by atoms with van der Waals surface area (Å²) in [6, 6.07) is 7.09. The molecular formula is C14H22BrN. The van der Waals surface area contributed by atoms with Gasteiger partial charge >= 0.3 is 0 Å². The monoisotopic (exact) mass is 283 g/mol. The molecule has 0 aliphatic carbocycles. The van der Waals surface area contributed by atoms with Crippen LogP contribution in [0.15, 0.2) is 22.7 Å². The lowest BCUT2D eigenvalue weighted by Crippen LogP contribution is -2.18. The Morgan fingerprint density at radius 3 is 2.62 bits per heavy atom. The fourth-order valence-corrected chi connectivity index (χ4v) is 2.13. The first-order valence-corrected chi connectivity index (χ1v) is 6.99. The van der Waals surface area contributed by atoms with E-state index < -0.39 is 0 Å². The van der Waals surface area contributed by atoms with Gasteiger partial charge in [0.25, 0.3) is 0 Å². The van der Waals surface area contributed by atoms with Crippen molar-refractivity contribution in [1.29, 1.82) is 0 Å². The van der Waals surface area contributed by atoms with Gasteiger partial charge in [-0.05, 0) is 37.5 Å². The maximum absolute atomic E-state index is 3.60. The van der Waals surface area contributed by atoms with Crippen molar-refractivity contribution in [3.63, 3.8) is 0 Å². The van der Waals surface area contributed by atoms with Crippen LogP contribution in [0.25, 0.3) is 0 Å². The highest BCUT2D eigenvalue weighted by molar-refractivity contribution is 9.10. The summed E-state index contributed by atoms with van der Waals surface area (Å²) in [4.78, 5) is 0. The Labute approximate surface area is 108 Å². The van der Waals surface area contributed by atoms with Gasteiger partial charge in [0.15, 0.2) is 0 Å². The molecule has 1 unspecified atom stereocenters. The SMILES string of the molecule is CCCCC(CC)Nc1ccc(C)c(Br)c1. The minimum absolute atomic E-state index is 0.606. The second kappa shape index (κ2) is 6.95. The Hall–Kier alpha value is -0.500. The van der Waals surface area contributed by atoms with Gasteiger partial charge in [-0.15, -0.1) is 0 Å². The molecule has 1 N–H and O–H groups in total. The average Bonchev–Trinajstić information content (AvgIpc) is 2.29. The Morgan fingerprint density at radius 2 is 2.06 bits per heavy atom. The smallest absolute Gasteiger partial charge is 0.0353 e. The standard InChI is InChI=1S/C14H22BrN/c1-4-6-7-12(5-2)16-13-9-8-11(3)14(15)10-13/h8-10,12,16H,4-7H2,1-3H3. The molecule has 0 fully saturated rings. The number of rotatable bonds is 6. The summed E-state index contributed by atoms with van der Waals surface area (Å²) in [6.45, 7) is 6.61. The van der Waals surface area contributed by atoms with E-state index in [2.05, 4.69) is 60.2 Å². The zero-order chi connectivity index (χ0) is 12.0. The molecule has 0 aliphatic rings. The van der Waals surface area contributed by atoms with E-state index in [9.17, 15) is 0 Å². The van der Waals surface area contributed by atoms with Gasteiger partial charge in [-0.3, -0.25) is 0 Å². The molecule has 1 atom stereocenters. The third kappa shape index (κ3) is 4.17. The molecule has 1 rings (SSSR count). The molecule has 0 saturated heterocycles. The van der Waals surface area contributed by atoms with Gasteiger partial charge in [0.05, 0.1) is 0 Å². The Bertz CT molecular complexity index is 323. The van der Waals surface area contributed by atoms with Gasteiger partial charge in [0.1, 0.15) is 0 Å². The first-order valence-electron chi connectivity index (χ1n) is 6.20. The Balaban J connectivity index is 2.59. The fraction of sp³-hybridized carbons (Fsp3) is 0.571. The van der Waals surface area contributed by atoms with Crippen LogP contribution in [-0.4, -0.2) is 6.04 Å². The minimum atomic E-state index is 0.606. The van der Waals surface area contributed by atoms with Crippen LogP contribution in [0, 0.1) is 6.92 Å². The number of hydrogen-bond acceptors (Lipinski definition) is 1. The van der Waals surface area contributed by atoms with E-state index >= 15 is 0 Å². The summed E-state index contributed by atoms with van der Waals surface area (Å²) < 4.78 is 1.18. The maximum Gasteiger partial charge on any atom is 0.0353 e. The molecule has 0 spiro atoms. The van der Waals surface area contributed by atoms with Crippen molar-refractivity contribution in [1.82, 2.24) is 0 Å². The quantitative estimate of drug-likeness (QED) is 0.762. The van der Waals surface area contributed by atoms with Gasteiger partial charge < -0.3 is 5.32 Å². The molecule has 1 aromatic carbocycles. The van der Waals surface area contributed by atoms with Crippen molar-refractivity contribution in [2.24, 2.45) is 0 Å². The van der Waals surface area contributed by atoms with Crippen molar-refractivity contribution in [2.45, 2.75) is 52.5 Å². The third-order valence-corrected chi connectivity index (χ3v) is 3.80. The lowest BCUT2D eigenvalue weighted by atomic mass is 10.1. The summed E-state index contributed by atoms with van der Waals surface area (Å²) in [6.07, 6.45) is 5.03. The molecule has 0 saturated carbocycles. The topological polar surface area (TPSA) is 12.0 Å². The van der Waals surface area contributed by atoms with E-state index in [0.717, 1.165) is 0 Å². The molecule has 0 radical (unpaired) electrons. The van der Waals surface area contributed by atoms with E-state index in [0.29, 0.717) is 6.04 Å². The molecule has 1 aromatic rings. The average molecular weight is 284 g/mol. The predicted molar refractivity (Wildman–Crippen MR) is 76.1 cm³/mol. The number of hydrogen-bond donors (Lipinski definition) is 1. The van der Waals surface area contributed by atoms with E-state index in [4.69, 9.17) is 0 Å². The summed E-state index contributed by atoms with van der Waals surface area (Å²) in [5.41, 5.74) is 2.51. The largest absolute Gasteiger partial charge is 0.382 e. The third-order valence-electron chi connectivity index (χ3n) is 2.94. The first kappa shape index (κ1) is 13.6. The van der Waals surface area contributed by atoms with E-state index in [1.54, 1.807) is 0 Å². The second-order valence-corrected chi connectivity index (χ2v) is 5.21. The van der Waals surface area contributed by atoms with Crippen LogP contribution < -0.4 is 5.32 Å².